The average molecular weight is 370 g/mol. The van der Waals surface area contributed by atoms with Crippen molar-refractivity contribution in [2.45, 2.75) is 0 Å². The lowest BCUT2D eigenvalue weighted by Gasteiger charge is -2.09. The van der Waals surface area contributed by atoms with E-state index in [0.717, 1.165) is 17.0 Å². The van der Waals surface area contributed by atoms with Crippen LogP contribution in [-0.4, -0.2) is 27.2 Å². The Bertz CT molecular complexity index is 1030. The highest BCUT2D eigenvalue weighted by molar-refractivity contribution is 7.92. The molecule has 0 saturated heterocycles. The van der Waals surface area contributed by atoms with E-state index in [1.165, 1.54) is 0 Å². The number of carbonyl (C=O) groups excluding carboxylic acids is 1. The fourth-order valence-corrected chi connectivity index (χ4v) is 3.00. The highest BCUT2D eigenvalue weighted by atomic mass is 32.2. The standard InChI is InChI=1S/C19H18N2O4S/c1-26(23,24)21-17-9-7-16(8-10-17)20-19(22)13-25-18-11-6-14-4-2-3-5-15(14)12-18/h2-12,21H,13H2,1H3,(H,20,22). The predicted molar refractivity (Wildman–Crippen MR) is 103 cm³/mol. The molecule has 2 N–H and O–H groups in total. The van der Waals surface area contributed by atoms with Crippen molar-refractivity contribution in [2.24, 2.45) is 0 Å². The molecular weight excluding hydrogens is 352 g/mol. The van der Waals surface area contributed by atoms with Crippen molar-refractivity contribution in [3.63, 3.8) is 0 Å². The minimum absolute atomic E-state index is 0.123. The average Bonchev–Trinajstić information content (AvgIpc) is 2.60. The highest BCUT2D eigenvalue weighted by Gasteiger charge is 2.06. The minimum Gasteiger partial charge on any atom is -0.484 e. The first-order valence-electron chi connectivity index (χ1n) is 7.88. The number of ether oxygens (including phenoxy) is 1. The van der Waals surface area contributed by atoms with Crippen molar-refractivity contribution in [1.29, 1.82) is 0 Å². The van der Waals surface area contributed by atoms with Gasteiger partial charge in [0.25, 0.3) is 5.91 Å². The molecule has 0 fully saturated rings. The van der Waals surface area contributed by atoms with Gasteiger partial charge in [-0.3, -0.25) is 9.52 Å². The van der Waals surface area contributed by atoms with E-state index in [9.17, 15) is 13.2 Å². The van der Waals surface area contributed by atoms with Crippen molar-refractivity contribution in [3.8, 4) is 5.75 Å². The van der Waals surface area contributed by atoms with E-state index in [0.29, 0.717) is 17.1 Å². The third-order valence-electron chi connectivity index (χ3n) is 3.56. The number of hydrogen-bond donors (Lipinski definition) is 2. The van der Waals surface area contributed by atoms with Crippen molar-refractivity contribution in [3.05, 3.63) is 66.7 Å². The van der Waals surface area contributed by atoms with E-state index in [2.05, 4.69) is 10.0 Å². The maximum atomic E-state index is 12.0. The zero-order chi connectivity index (χ0) is 18.6. The van der Waals surface area contributed by atoms with Crippen LogP contribution in [0.3, 0.4) is 0 Å². The summed E-state index contributed by atoms with van der Waals surface area (Å²) < 4.78 is 30.2. The molecule has 0 heterocycles. The summed E-state index contributed by atoms with van der Waals surface area (Å²) in [5.74, 6) is 0.313. The molecule has 3 aromatic carbocycles. The Kier molecular flexibility index (Phi) is 5.09. The number of hydrogen-bond acceptors (Lipinski definition) is 4. The molecule has 0 spiro atoms. The van der Waals surface area contributed by atoms with Crippen molar-refractivity contribution in [1.82, 2.24) is 0 Å². The van der Waals surface area contributed by atoms with Crippen LogP contribution in [0.1, 0.15) is 0 Å². The lowest BCUT2D eigenvalue weighted by atomic mass is 10.1. The highest BCUT2D eigenvalue weighted by Crippen LogP contribution is 2.20. The van der Waals surface area contributed by atoms with Crippen LogP contribution in [0.15, 0.2) is 66.7 Å². The maximum absolute atomic E-state index is 12.0. The third-order valence-corrected chi connectivity index (χ3v) is 4.17. The number of benzene rings is 3. The molecule has 0 bridgehead atoms. The molecule has 134 valence electrons. The molecule has 3 aromatic rings. The Balaban J connectivity index is 1.56. The number of anilines is 2. The molecule has 26 heavy (non-hydrogen) atoms. The molecule has 0 aromatic heterocycles. The summed E-state index contributed by atoms with van der Waals surface area (Å²) in [6.07, 6.45) is 1.08. The van der Waals surface area contributed by atoms with E-state index in [1.54, 1.807) is 24.3 Å². The number of amides is 1. The minimum atomic E-state index is -3.33. The van der Waals surface area contributed by atoms with Crippen LogP contribution < -0.4 is 14.8 Å². The Morgan fingerprint density at radius 2 is 1.58 bits per heavy atom. The quantitative estimate of drug-likeness (QED) is 0.698. The van der Waals surface area contributed by atoms with Crippen LogP contribution in [0.2, 0.25) is 0 Å². The van der Waals surface area contributed by atoms with E-state index < -0.39 is 10.0 Å². The van der Waals surface area contributed by atoms with Crippen LogP contribution >= 0.6 is 0 Å². The van der Waals surface area contributed by atoms with E-state index >= 15 is 0 Å². The summed E-state index contributed by atoms with van der Waals surface area (Å²) >= 11 is 0. The van der Waals surface area contributed by atoms with Crippen LogP contribution in [-0.2, 0) is 14.8 Å². The monoisotopic (exact) mass is 370 g/mol. The van der Waals surface area contributed by atoms with Gasteiger partial charge in [0.15, 0.2) is 6.61 Å². The summed E-state index contributed by atoms with van der Waals surface area (Å²) in [5.41, 5.74) is 0.981. The predicted octanol–water partition coefficient (Wildman–Crippen LogP) is 3.23. The van der Waals surface area contributed by atoms with Gasteiger partial charge in [-0.2, -0.15) is 0 Å². The molecule has 0 aliphatic rings. The summed E-state index contributed by atoms with van der Waals surface area (Å²) in [7, 11) is -3.33. The summed E-state index contributed by atoms with van der Waals surface area (Å²) in [6, 6.07) is 19.9. The molecular formula is C19H18N2O4S. The summed E-state index contributed by atoms with van der Waals surface area (Å²) in [4.78, 5) is 12.0. The second kappa shape index (κ2) is 7.45. The molecule has 0 atom stereocenters. The van der Waals surface area contributed by atoms with Gasteiger partial charge >= 0.3 is 0 Å². The van der Waals surface area contributed by atoms with E-state index in [1.807, 2.05) is 42.5 Å². The van der Waals surface area contributed by atoms with Crippen LogP contribution in [0.4, 0.5) is 11.4 Å². The van der Waals surface area contributed by atoms with Gasteiger partial charge in [0.1, 0.15) is 5.75 Å². The summed E-state index contributed by atoms with van der Waals surface area (Å²) in [6.45, 7) is -0.123. The Hall–Kier alpha value is -3.06. The normalized spacial score (nSPS) is 11.1. The summed E-state index contributed by atoms with van der Waals surface area (Å²) in [5, 5.41) is 4.84. The number of nitrogens with one attached hydrogen (secondary N) is 2. The van der Waals surface area contributed by atoms with Gasteiger partial charge in [-0.15, -0.1) is 0 Å². The topological polar surface area (TPSA) is 84.5 Å². The second-order valence-electron chi connectivity index (χ2n) is 5.80. The lowest BCUT2D eigenvalue weighted by molar-refractivity contribution is -0.118. The van der Waals surface area contributed by atoms with Crippen molar-refractivity contribution >= 4 is 38.1 Å². The first kappa shape index (κ1) is 17.8. The Labute approximate surface area is 151 Å². The van der Waals surface area contributed by atoms with E-state index in [4.69, 9.17) is 4.74 Å². The molecule has 0 unspecified atom stereocenters. The molecule has 6 nitrogen and oxygen atoms in total. The lowest BCUT2D eigenvalue weighted by Crippen LogP contribution is -2.20. The van der Waals surface area contributed by atoms with Gasteiger partial charge in [0.2, 0.25) is 10.0 Å². The van der Waals surface area contributed by atoms with Crippen molar-refractivity contribution in [2.75, 3.05) is 22.9 Å². The first-order chi connectivity index (χ1) is 12.4. The van der Waals surface area contributed by atoms with Gasteiger partial charge in [0.05, 0.1) is 6.26 Å². The molecule has 0 aliphatic carbocycles. The molecule has 1 amide bonds. The molecule has 0 radical (unpaired) electrons. The molecule has 0 aliphatic heterocycles. The number of rotatable bonds is 6. The van der Waals surface area contributed by atoms with Crippen LogP contribution in [0.5, 0.6) is 5.75 Å². The first-order valence-corrected chi connectivity index (χ1v) is 9.77. The molecule has 0 saturated carbocycles. The van der Waals surface area contributed by atoms with Crippen molar-refractivity contribution < 1.29 is 17.9 Å². The van der Waals surface area contributed by atoms with Gasteiger partial charge in [-0.25, -0.2) is 8.42 Å². The molecule has 7 heteroatoms. The zero-order valence-corrected chi connectivity index (χ0v) is 14.9. The van der Waals surface area contributed by atoms with Crippen LogP contribution in [0.25, 0.3) is 10.8 Å². The van der Waals surface area contributed by atoms with Crippen LogP contribution in [0, 0.1) is 0 Å². The van der Waals surface area contributed by atoms with Gasteiger partial charge in [0, 0.05) is 11.4 Å². The van der Waals surface area contributed by atoms with Gasteiger partial charge in [-0.05, 0) is 47.2 Å². The third kappa shape index (κ3) is 4.97. The molecule has 3 rings (SSSR count). The number of fused-ring (bicyclic) bond motifs is 1. The fourth-order valence-electron chi connectivity index (χ4n) is 2.44. The van der Waals surface area contributed by atoms with Gasteiger partial charge < -0.3 is 10.1 Å². The Morgan fingerprint density at radius 1 is 0.923 bits per heavy atom. The largest absolute Gasteiger partial charge is 0.484 e. The Morgan fingerprint density at radius 3 is 2.27 bits per heavy atom. The zero-order valence-electron chi connectivity index (χ0n) is 14.1. The smallest absolute Gasteiger partial charge is 0.262 e. The maximum Gasteiger partial charge on any atom is 0.262 e. The fraction of sp³-hybridized carbons (Fsp3) is 0.105. The SMILES string of the molecule is CS(=O)(=O)Nc1ccc(NC(=O)COc2ccc3ccccc3c2)cc1. The number of carbonyl (C=O) groups is 1. The number of sulfonamides is 1. The second-order valence-corrected chi connectivity index (χ2v) is 7.55. The van der Waals surface area contributed by atoms with Gasteiger partial charge in [-0.1, -0.05) is 30.3 Å². The van der Waals surface area contributed by atoms with E-state index in [-0.39, 0.29) is 12.5 Å².